The predicted octanol–water partition coefficient (Wildman–Crippen LogP) is 5.81. The standard InChI is InChI=1S/C28H25N3O6S/c1-4-5-20-14-19(15-24(36-3)26(20)37-17-18-6-10-22(11-7-18)31(33)34)16-25-27(32)30-28(38-25)29-21-8-12-23(35-2)13-9-21/h4,6-16H,1,5,17H2,2-3H3,(H,29,30,32)/b25-16+. The highest BCUT2D eigenvalue weighted by atomic mass is 32.2. The number of nitrogens with one attached hydrogen (secondary N) is 1. The third-order valence-electron chi connectivity index (χ3n) is 5.52. The molecule has 0 bridgehead atoms. The molecule has 1 aliphatic rings. The molecule has 1 heterocycles. The second-order valence-electron chi connectivity index (χ2n) is 8.10. The average molecular weight is 532 g/mol. The summed E-state index contributed by atoms with van der Waals surface area (Å²) in [5, 5.41) is 14.2. The van der Waals surface area contributed by atoms with Crippen LogP contribution in [0.15, 0.2) is 83.2 Å². The fourth-order valence-electron chi connectivity index (χ4n) is 3.66. The van der Waals surface area contributed by atoms with E-state index in [2.05, 4.69) is 16.9 Å². The number of nitrogens with zero attached hydrogens (tertiary/aromatic N) is 2. The monoisotopic (exact) mass is 531 g/mol. The van der Waals surface area contributed by atoms with Gasteiger partial charge in [0, 0.05) is 17.7 Å². The number of amides is 1. The first-order valence-electron chi connectivity index (χ1n) is 11.5. The maximum Gasteiger partial charge on any atom is 0.269 e. The zero-order valence-corrected chi connectivity index (χ0v) is 21.6. The highest BCUT2D eigenvalue weighted by Gasteiger charge is 2.24. The molecule has 0 aromatic heterocycles. The Morgan fingerprint density at radius 3 is 2.45 bits per heavy atom. The summed E-state index contributed by atoms with van der Waals surface area (Å²) in [5.41, 5.74) is 3.06. The number of hydrogen-bond acceptors (Lipinski definition) is 8. The fourth-order valence-corrected chi connectivity index (χ4v) is 4.51. The van der Waals surface area contributed by atoms with Crippen LogP contribution in [0.2, 0.25) is 0 Å². The molecule has 1 amide bonds. The van der Waals surface area contributed by atoms with Crippen LogP contribution in [-0.4, -0.2) is 30.2 Å². The second-order valence-corrected chi connectivity index (χ2v) is 9.13. The highest BCUT2D eigenvalue weighted by Crippen LogP contribution is 2.36. The number of thioether (sulfide) groups is 1. The Balaban J connectivity index is 1.56. The summed E-state index contributed by atoms with van der Waals surface area (Å²) in [6.07, 6.45) is 4.03. The third kappa shape index (κ3) is 6.40. The van der Waals surface area contributed by atoms with Gasteiger partial charge in [0.05, 0.1) is 29.7 Å². The largest absolute Gasteiger partial charge is 0.497 e. The number of non-ortho nitro benzene ring substituents is 1. The maximum atomic E-state index is 12.6. The highest BCUT2D eigenvalue weighted by molar-refractivity contribution is 8.18. The van der Waals surface area contributed by atoms with E-state index in [0.717, 1.165) is 22.4 Å². The minimum Gasteiger partial charge on any atom is -0.497 e. The lowest BCUT2D eigenvalue weighted by Gasteiger charge is -2.16. The number of aliphatic imine (C=N–C) groups is 1. The van der Waals surface area contributed by atoms with Gasteiger partial charge in [-0.3, -0.25) is 14.9 Å². The molecule has 9 nitrogen and oxygen atoms in total. The van der Waals surface area contributed by atoms with E-state index in [1.165, 1.54) is 23.9 Å². The SMILES string of the molecule is C=CCc1cc(/C=C2/SC(=Nc3ccc(OC)cc3)NC2=O)cc(OC)c1OCc1ccc([N+](=O)[O-])cc1. The van der Waals surface area contributed by atoms with E-state index in [-0.39, 0.29) is 18.2 Å². The molecule has 4 rings (SSSR count). The van der Waals surface area contributed by atoms with Gasteiger partial charge in [-0.25, -0.2) is 4.99 Å². The molecule has 0 unspecified atom stereocenters. The van der Waals surface area contributed by atoms with Gasteiger partial charge in [-0.1, -0.05) is 6.08 Å². The van der Waals surface area contributed by atoms with Gasteiger partial charge < -0.3 is 19.5 Å². The number of nitro benzene ring substituents is 1. The first-order chi connectivity index (χ1) is 18.4. The van der Waals surface area contributed by atoms with Crippen molar-refractivity contribution >= 4 is 40.3 Å². The lowest BCUT2D eigenvalue weighted by molar-refractivity contribution is -0.384. The van der Waals surface area contributed by atoms with E-state index < -0.39 is 4.92 Å². The zero-order chi connectivity index (χ0) is 27.1. The van der Waals surface area contributed by atoms with Crippen molar-refractivity contribution in [3.8, 4) is 17.2 Å². The molecule has 1 N–H and O–H groups in total. The molecule has 0 saturated carbocycles. The lowest BCUT2D eigenvalue weighted by Crippen LogP contribution is -2.19. The molecule has 0 atom stereocenters. The van der Waals surface area contributed by atoms with Crippen molar-refractivity contribution in [2.75, 3.05) is 14.2 Å². The van der Waals surface area contributed by atoms with Gasteiger partial charge in [-0.15, -0.1) is 6.58 Å². The first kappa shape index (κ1) is 26.5. The Morgan fingerprint density at radius 2 is 1.82 bits per heavy atom. The van der Waals surface area contributed by atoms with Crippen LogP contribution in [0.25, 0.3) is 6.08 Å². The molecule has 1 saturated heterocycles. The first-order valence-corrected chi connectivity index (χ1v) is 12.3. The van der Waals surface area contributed by atoms with Gasteiger partial charge in [-0.2, -0.15) is 0 Å². The van der Waals surface area contributed by atoms with E-state index in [4.69, 9.17) is 14.2 Å². The van der Waals surface area contributed by atoms with Crippen molar-refractivity contribution in [3.05, 3.63) is 105 Å². The molecule has 194 valence electrons. The number of hydrogen-bond donors (Lipinski definition) is 1. The minimum atomic E-state index is -0.445. The van der Waals surface area contributed by atoms with Crippen molar-refractivity contribution in [1.82, 2.24) is 5.32 Å². The summed E-state index contributed by atoms with van der Waals surface area (Å²) in [6, 6.07) is 17.1. The summed E-state index contributed by atoms with van der Waals surface area (Å²) in [6.45, 7) is 4.03. The second kappa shape index (κ2) is 12.1. The summed E-state index contributed by atoms with van der Waals surface area (Å²) in [5.74, 6) is 1.51. The minimum absolute atomic E-state index is 0.0158. The van der Waals surface area contributed by atoms with Crippen LogP contribution in [0, 0.1) is 10.1 Å². The number of nitro groups is 1. The molecule has 38 heavy (non-hydrogen) atoms. The van der Waals surface area contributed by atoms with E-state index in [1.807, 2.05) is 18.2 Å². The summed E-state index contributed by atoms with van der Waals surface area (Å²) in [7, 11) is 3.14. The molecule has 0 radical (unpaired) electrons. The molecule has 3 aromatic carbocycles. The van der Waals surface area contributed by atoms with Gasteiger partial charge in [-0.05, 0) is 83.9 Å². The molecule has 3 aromatic rings. The number of methoxy groups -OCH3 is 2. The maximum absolute atomic E-state index is 12.6. The summed E-state index contributed by atoms with van der Waals surface area (Å²) < 4.78 is 16.8. The van der Waals surface area contributed by atoms with E-state index in [0.29, 0.717) is 33.7 Å². The number of allylic oxidation sites excluding steroid dienone is 1. The Bertz CT molecular complexity index is 1420. The van der Waals surface area contributed by atoms with Crippen LogP contribution >= 0.6 is 11.8 Å². The Morgan fingerprint density at radius 1 is 1.08 bits per heavy atom. The summed E-state index contributed by atoms with van der Waals surface area (Å²) in [4.78, 5) is 28.1. The van der Waals surface area contributed by atoms with Gasteiger partial charge in [0.1, 0.15) is 12.4 Å². The molecule has 0 spiro atoms. The van der Waals surface area contributed by atoms with Gasteiger partial charge in [0.2, 0.25) is 0 Å². The average Bonchev–Trinajstić information content (AvgIpc) is 3.26. The van der Waals surface area contributed by atoms with Gasteiger partial charge >= 0.3 is 0 Å². The van der Waals surface area contributed by atoms with Crippen LogP contribution in [0.5, 0.6) is 17.2 Å². The normalized spacial score (nSPS) is 14.8. The number of amidine groups is 1. The molecular weight excluding hydrogens is 506 g/mol. The van der Waals surface area contributed by atoms with Crippen LogP contribution in [0.3, 0.4) is 0 Å². The number of benzene rings is 3. The van der Waals surface area contributed by atoms with Crippen LogP contribution in [-0.2, 0) is 17.8 Å². The zero-order valence-electron chi connectivity index (χ0n) is 20.8. The Hall–Kier alpha value is -4.57. The van der Waals surface area contributed by atoms with Crippen molar-refractivity contribution in [2.24, 2.45) is 4.99 Å². The van der Waals surface area contributed by atoms with E-state index >= 15 is 0 Å². The Kier molecular flexibility index (Phi) is 8.44. The third-order valence-corrected chi connectivity index (χ3v) is 6.43. The molecular formula is C28H25N3O6S. The van der Waals surface area contributed by atoms with Crippen molar-refractivity contribution in [3.63, 3.8) is 0 Å². The van der Waals surface area contributed by atoms with Crippen molar-refractivity contribution in [1.29, 1.82) is 0 Å². The van der Waals surface area contributed by atoms with Crippen LogP contribution < -0.4 is 19.5 Å². The number of carbonyl (C=O) groups is 1. The topological polar surface area (TPSA) is 112 Å². The predicted molar refractivity (Wildman–Crippen MR) is 148 cm³/mol. The Labute approximate surface area is 224 Å². The van der Waals surface area contributed by atoms with Crippen molar-refractivity contribution in [2.45, 2.75) is 13.0 Å². The quantitative estimate of drug-likeness (QED) is 0.152. The lowest BCUT2D eigenvalue weighted by atomic mass is 10.0. The van der Waals surface area contributed by atoms with E-state index in [1.54, 1.807) is 56.7 Å². The molecule has 1 aliphatic heterocycles. The van der Waals surface area contributed by atoms with Crippen LogP contribution in [0.4, 0.5) is 11.4 Å². The van der Waals surface area contributed by atoms with Gasteiger partial charge in [0.15, 0.2) is 16.7 Å². The number of rotatable bonds is 10. The smallest absolute Gasteiger partial charge is 0.269 e. The number of ether oxygens (including phenoxy) is 3. The molecule has 1 fully saturated rings. The molecule has 10 heteroatoms. The fraction of sp³-hybridized carbons (Fsp3) is 0.143. The van der Waals surface area contributed by atoms with Crippen molar-refractivity contribution < 1.29 is 23.9 Å². The summed E-state index contributed by atoms with van der Waals surface area (Å²) >= 11 is 1.24. The van der Waals surface area contributed by atoms with Gasteiger partial charge in [0.25, 0.3) is 11.6 Å². The number of carbonyl (C=O) groups excluding carboxylic acids is 1. The molecule has 0 aliphatic carbocycles. The van der Waals surface area contributed by atoms with E-state index in [9.17, 15) is 14.9 Å². The van der Waals surface area contributed by atoms with Crippen LogP contribution in [0.1, 0.15) is 16.7 Å².